The molecule has 3 aromatic rings. The summed E-state index contributed by atoms with van der Waals surface area (Å²) < 4.78 is 7.66. The number of aryl methyl sites for hydroxylation is 2. The number of nitrogens with zero attached hydrogens (tertiary/aromatic N) is 4. The average molecular weight is 338 g/mol. The molecule has 6 nitrogen and oxygen atoms in total. The molecule has 1 aliphatic rings. The van der Waals surface area contributed by atoms with Crippen molar-refractivity contribution in [1.29, 1.82) is 0 Å². The van der Waals surface area contributed by atoms with E-state index in [0.717, 1.165) is 42.2 Å². The van der Waals surface area contributed by atoms with Crippen molar-refractivity contribution < 1.29 is 9.21 Å². The Bertz CT molecular complexity index is 940. The molecular formula is C19H22N4O2. The van der Waals surface area contributed by atoms with E-state index in [2.05, 4.69) is 10.2 Å². The second kappa shape index (κ2) is 6.02. The molecule has 4 rings (SSSR count). The number of aromatic nitrogens is 3. The highest BCUT2D eigenvalue weighted by molar-refractivity contribution is 5.97. The first kappa shape index (κ1) is 15.9. The molecule has 25 heavy (non-hydrogen) atoms. The summed E-state index contributed by atoms with van der Waals surface area (Å²) in [4.78, 5) is 15.0. The second-order valence-corrected chi connectivity index (χ2v) is 6.79. The van der Waals surface area contributed by atoms with Crippen molar-refractivity contribution in [2.24, 2.45) is 0 Å². The highest BCUT2D eigenvalue weighted by Gasteiger charge is 2.30. The van der Waals surface area contributed by atoms with Gasteiger partial charge in [0.25, 0.3) is 5.91 Å². The van der Waals surface area contributed by atoms with Gasteiger partial charge in [-0.2, -0.15) is 0 Å². The van der Waals surface area contributed by atoms with Crippen molar-refractivity contribution in [1.82, 2.24) is 19.5 Å². The molecule has 1 fully saturated rings. The van der Waals surface area contributed by atoms with Crippen molar-refractivity contribution in [2.45, 2.75) is 39.5 Å². The van der Waals surface area contributed by atoms with Crippen LogP contribution >= 0.6 is 0 Å². The van der Waals surface area contributed by atoms with Gasteiger partial charge in [0.05, 0.1) is 5.56 Å². The van der Waals surface area contributed by atoms with Crippen molar-refractivity contribution in [3.8, 4) is 0 Å². The Morgan fingerprint density at radius 2 is 2.04 bits per heavy atom. The summed E-state index contributed by atoms with van der Waals surface area (Å²) in [6.45, 7) is 7.15. The molecule has 1 atom stereocenters. The molecule has 1 amide bonds. The lowest BCUT2D eigenvalue weighted by Crippen LogP contribution is -2.40. The highest BCUT2D eigenvalue weighted by Crippen LogP contribution is 2.29. The quantitative estimate of drug-likeness (QED) is 0.719. The molecule has 1 saturated heterocycles. The summed E-state index contributed by atoms with van der Waals surface area (Å²) in [6, 6.07) is 5.88. The summed E-state index contributed by atoms with van der Waals surface area (Å²) in [6.07, 6.45) is 3.97. The van der Waals surface area contributed by atoms with Gasteiger partial charge < -0.3 is 9.32 Å². The van der Waals surface area contributed by atoms with Crippen LogP contribution in [0.25, 0.3) is 5.65 Å². The Labute approximate surface area is 146 Å². The van der Waals surface area contributed by atoms with E-state index in [1.165, 1.54) is 0 Å². The minimum absolute atomic E-state index is 0.0605. The van der Waals surface area contributed by atoms with Crippen LogP contribution in [0, 0.1) is 20.8 Å². The van der Waals surface area contributed by atoms with Gasteiger partial charge in [-0.1, -0.05) is 6.07 Å². The lowest BCUT2D eigenvalue weighted by atomic mass is 9.96. The zero-order chi connectivity index (χ0) is 17.6. The molecule has 0 spiro atoms. The van der Waals surface area contributed by atoms with Gasteiger partial charge in [-0.15, -0.1) is 10.2 Å². The third kappa shape index (κ3) is 2.62. The average Bonchev–Trinajstić information content (AvgIpc) is 3.16. The Morgan fingerprint density at radius 3 is 2.80 bits per heavy atom. The van der Waals surface area contributed by atoms with E-state index < -0.39 is 0 Å². The number of hydrogen-bond donors (Lipinski definition) is 0. The smallest absolute Gasteiger partial charge is 0.257 e. The van der Waals surface area contributed by atoms with E-state index in [9.17, 15) is 4.79 Å². The summed E-state index contributed by atoms with van der Waals surface area (Å²) in [5, 5.41) is 8.63. The summed E-state index contributed by atoms with van der Waals surface area (Å²) in [7, 11) is 0. The molecule has 6 heteroatoms. The first-order valence-electron chi connectivity index (χ1n) is 8.71. The third-order valence-corrected chi connectivity index (χ3v) is 5.19. The van der Waals surface area contributed by atoms with E-state index in [4.69, 9.17) is 4.42 Å². The first-order valence-corrected chi connectivity index (χ1v) is 8.71. The lowest BCUT2D eigenvalue weighted by molar-refractivity contribution is 0.0701. The maximum Gasteiger partial charge on any atom is 0.257 e. The molecule has 1 aliphatic heterocycles. The van der Waals surface area contributed by atoms with Crippen molar-refractivity contribution in [3.63, 3.8) is 0 Å². The normalized spacial score (nSPS) is 18.0. The van der Waals surface area contributed by atoms with Gasteiger partial charge in [0.15, 0.2) is 5.65 Å². The van der Waals surface area contributed by atoms with E-state index in [0.29, 0.717) is 17.9 Å². The first-order chi connectivity index (χ1) is 12.1. The van der Waals surface area contributed by atoms with Crippen LogP contribution in [0.5, 0.6) is 0 Å². The van der Waals surface area contributed by atoms with Gasteiger partial charge in [0.1, 0.15) is 17.3 Å². The molecule has 4 heterocycles. The van der Waals surface area contributed by atoms with Gasteiger partial charge in [-0.05, 0) is 45.7 Å². The number of piperidine rings is 1. The Morgan fingerprint density at radius 1 is 1.20 bits per heavy atom. The fraction of sp³-hybridized carbons (Fsp3) is 0.421. The van der Waals surface area contributed by atoms with Gasteiger partial charge in [-0.3, -0.25) is 9.20 Å². The largest absolute Gasteiger partial charge is 0.466 e. The minimum atomic E-state index is 0.0605. The number of hydrogen-bond acceptors (Lipinski definition) is 4. The molecule has 0 aliphatic carbocycles. The zero-order valence-corrected chi connectivity index (χ0v) is 14.8. The van der Waals surface area contributed by atoms with Crippen LogP contribution in [0.15, 0.2) is 28.8 Å². The second-order valence-electron chi connectivity index (χ2n) is 6.79. The summed E-state index contributed by atoms with van der Waals surface area (Å²) in [5.41, 5.74) is 2.50. The number of pyridine rings is 1. The Kier molecular flexibility index (Phi) is 3.82. The number of carbonyl (C=O) groups excluding carboxylic acids is 1. The maximum absolute atomic E-state index is 13.1. The predicted molar refractivity (Wildman–Crippen MR) is 93.8 cm³/mol. The van der Waals surface area contributed by atoms with Crippen LogP contribution in [0.4, 0.5) is 0 Å². The van der Waals surface area contributed by atoms with Crippen molar-refractivity contribution in [2.75, 3.05) is 13.1 Å². The van der Waals surface area contributed by atoms with Crippen LogP contribution in [0.2, 0.25) is 0 Å². The molecule has 0 saturated carbocycles. The van der Waals surface area contributed by atoms with Crippen LogP contribution in [-0.2, 0) is 0 Å². The minimum Gasteiger partial charge on any atom is -0.466 e. The number of likely N-dealkylation sites (tertiary alicyclic amines) is 1. The maximum atomic E-state index is 13.1. The van der Waals surface area contributed by atoms with E-state index in [1.807, 2.05) is 54.5 Å². The Balaban J connectivity index is 1.62. The third-order valence-electron chi connectivity index (χ3n) is 5.19. The SMILES string of the molecule is Cc1oc(C)c(C(=O)N2CCCC(c3nnc4ccccn34)C2)c1C. The fourth-order valence-electron chi connectivity index (χ4n) is 3.78. The zero-order valence-electron chi connectivity index (χ0n) is 14.8. The van der Waals surface area contributed by atoms with Crippen LogP contribution in [0.3, 0.4) is 0 Å². The standard InChI is InChI=1S/C19H22N4O2/c1-12-13(2)25-14(3)17(12)19(24)22-9-6-7-15(11-22)18-21-20-16-8-4-5-10-23(16)18/h4-5,8,10,15H,6-7,9,11H2,1-3H3. The molecule has 130 valence electrons. The molecule has 0 bridgehead atoms. The number of furan rings is 1. The lowest BCUT2D eigenvalue weighted by Gasteiger charge is -2.32. The summed E-state index contributed by atoms with van der Waals surface area (Å²) in [5.74, 6) is 2.71. The number of fused-ring (bicyclic) bond motifs is 1. The predicted octanol–water partition coefficient (Wildman–Crippen LogP) is 3.27. The van der Waals surface area contributed by atoms with Gasteiger partial charge in [0, 0.05) is 30.8 Å². The summed E-state index contributed by atoms with van der Waals surface area (Å²) >= 11 is 0. The van der Waals surface area contributed by atoms with Gasteiger partial charge in [0.2, 0.25) is 0 Å². The number of carbonyl (C=O) groups is 1. The van der Waals surface area contributed by atoms with Crippen LogP contribution < -0.4 is 0 Å². The van der Waals surface area contributed by atoms with Crippen LogP contribution in [-0.4, -0.2) is 38.5 Å². The van der Waals surface area contributed by atoms with Crippen molar-refractivity contribution in [3.05, 3.63) is 52.9 Å². The number of rotatable bonds is 2. The monoisotopic (exact) mass is 338 g/mol. The topological polar surface area (TPSA) is 63.6 Å². The number of amides is 1. The molecule has 0 N–H and O–H groups in total. The molecule has 0 radical (unpaired) electrons. The molecule has 1 unspecified atom stereocenters. The molecular weight excluding hydrogens is 316 g/mol. The van der Waals surface area contributed by atoms with E-state index in [-0.39, 0.29) is 11.8 Å². The van der Waals surface area contributed by atoms with Crippen LogP contribution in [0.1, 0.15) is 52.0 Å². The molecule has 0 aromatic carbocycles. The van der Waals surface area contributed by atoms with Crippen molar-refractivity contribution >= 4 is 11.6 Å². The van der Waals surface area contributed by atoms with Gasteiger partial charge in [-0.25, -0.2) is 0 Å². The van der Waals surface area contributed by atoms with Gasteiger partial charge >= 0.3 is 0 Å². The fourth-order valence-corrected chi connectivity index (χ4v) is 3.78. The molecule has 3 aromatic heterocycles. The Hall–Kier alpha value is -2.63. The van der Waals surface area contributed by atoms with E-state index in [1.54, 1.807) is 0 Å². The highest BCUT2D eigenvalue weighted by atomic mass is 16.3. The van der Waals surface area contributed by atoms with E-state index >= 15 is 0 Å².